The van der Waals surface area contributed by atoms with Crippen LogP contribution in [0, 0.1) is 11.8 Å². The molecule has 25 heteroatoms. The number of aliphatic hydroxyl groups excluding tert-OH is 1. The summed E-state index contributed by atoms with van der Waals surface area (Å²) in [4.78, 5) is 43.1. The highest BCUT2D eigenvalue weighted by Gasteiger charge is 2.28. The van der Waals surface area contributed by atoms with Gasteiger partial charge in [-0.15, -0.1) is 25.5 Å². The molecular formula is C35H58IN15O9. The molecule has 3 N–H and O–H groups in total. The molecule has 0 saturated carbocycles. The number of carbonyl (C=O) groups excluding carboxylic acids is 2. The van der Waals surface area contributed by atoms with E-state index in [1.165, 1.54) is 28.3 Å². The fourth-order valence-electron chi connectivity index (χ4n) is 4.43. The maximum atomic E-state index is 11.5. The summed E-state index contributed by atoms with van der Waals surface area (Å²) >= 11 is 2.34. The monoisotopic (exact) mass is 959 g/mol. The summed E-state index contributed by atoms with van der Waals surface area (Å²) in [6.45, 7) is 11.9. The van der Waals surface area contributed by atoms with Crippen LogP contribution < -0.4 is 0 Å². The van der Waals surface area contributed by atoms with Gasteiger partial charge in [-0.05, 0) is 11.8 Å². The second-order valence-electron chi connectivity index (χ2n) is 13.6. The van der Waals surface area contributed by atoms with Gasteiger partial charge in [0.25, 0.3) is 0 Å². The van der Waals surface area contributed by atoms with Gasteiger partial charge in [-0.3, -0.25) is 42.6 Å². The molecular weight excluding hydrogens is 901 g/mol. The van der Waals surface area contributed by atoms with E-state index in [4.69, 9.17) is 20.1 Å². The predicted octanol–water partition coefficient (Wildman–Crippen LogP) is 1.48. The molecule has 0 fully saturated rings. The van der Waals surface area contributed by atoms with Crippen molar-refractivity contribution in [1.82, 2.24) is 75.0 Å². The van der Waals surface area contributed by atoms with E-state index in [2.05, 4.69) is 92.7 Å². The van der Waals surface area contributed by atoms with Crippen LogP contribution in [0.4, 0.5) is 0 Å². The van der Waals surface area contributed by atoms with E-state index in [1.54, 1.807) is 75.6 Å². The molecule has 0 aliphatic heterocycles. The number of halogens is 1. The lowest BCUT2D eigenvalue weighted by molar-refractivity contribution is -0.144. The van der Waals surface area contributed by atoms with Gasteiger partial charge in [0, 0.05) is 64.0 Å². The summed E-state index contributed by atoms with van der Waals surface area (Å²) < 4.78 is 17.6. The maximum Gasteiger partial charge on any atom is 0.315 e. The quantitative estimate of drug-likeness (QED) is 0.0959. The van der Waals surface area contributed by atoms with Gasteiger partial charge in [0.2, 0.25) is 0 Å². The first-order valence-corrected chi connectivity index (χ1v) is 19.4. The molecule has 0 radical (unpaired) electrons. The van der Waals surface area contributed by atoms with Gasteiger partial charge < -0.3 is 24.8 Å². The van der Waals surface area contributed by atoms with E-state index in [0.29, 0.717) is 28.5 Å². The molecule has 5 aromatic rings. The molecule has 5 heterocycles. The minimum absolute atomic E-state index is 0.0224. The second kappa shape index (κ2) is 28.7. The van der Waals surface area contributed by atoms with Crippen LogP contribution in [0.1, 0.15) is 81.8 Å². The van der Waals surface area contributed by atoms with Crippen LogP contribution in [-0.2, 0) is 83.3 Å². The molecule has 2 unspecified atom stereocenters. The molecule has 0 aliphatic carbocycles. The first-order chi connectivity index (χ1) is 28.0. The Hall–Kier alpha value is -5.73. The average molecular weight is 960 g/mol. The number of carboxylic acids is 2. The number of hydrogen-bond donors (Lipinski definition) is 3. The number of aryl methyl sites for hydroxylation is 5. The number of nitrogens with zero attached hydrogens (tertiary/aromatic N) is 15. The number of esters is 2. The third-order valence-electron chi connectivity index (χ3n) is 6.93. The minimum atomic E-state index is -0.888. The highest BCUT2D eigenvalue weighted by atomic mass is 127. The van der Waals surface area contributed by atoms with Crippen molar-refractivity contribution in [3.8, 4) is 0 Å². The third-order valence-corrected chi connectivity index (χ3v) is 6.93. The summed E-state index contributed by atoms with van der Waals surface area (Å²) in [5.74, 6) is -3.02. The van der Waals surface area contributed by atoms with Gasteiger partial charge in [0.05, 0.1) is 62.6 Å². The zero-order valence-electron chi connectivity index (χ0n) is 36.3. The zero-order chi connectivity index (χ0) is 46.1. The average Bonchev–Trinajstić information content (AvgIpc) is 4.01. The fraction of sp³-hybridized carbons (Fsp3) is 0.600. The van der Waals surface area contributed by atoms with Crippen LogP contribution in [0.2, 0.25) is 0 Å². The molecule has 0 saturated heterocycles. The highest BCUT2D eigenvalue weighted by molar-refractivity contribution is 14.1. The van der Waals surface area contributed by atoms with Gasteiger partial charge in [0.15, 0.2) is 0 Å². The van der Waals surface area contributed by atoms with E-state index in [1.807, 2.05) is 27.7 Å². The number of rotatable bonds is 11. The number of aliphatic hydroxyl groups is 1. The van der Waals surface area contributed by atoms with Crippen LogP contribution in [0.3, 0.4) is 0 Å². The summed E-state index contributed by atoms with van der Waals surface area (Å²) in [6, 6.07) is 0. The standard InChI is InChI=1S/C9H15N3O2.C8H13N3O2.C6H9N3O2.C5H7N3O2.C4H7N3O.C3H7I/c1-6(2)8(9(13)14-4)7-5-12(3)11-10-7;1-5(2)7(8(12)13)6-4-11(3)10-9-6;1-9-4-5(7-8-9)3-6(10)11-2;1-8-3-4(6-7-8)2-5(9)10;1-7-2-4(3-8)5-6-7;1-3(2)4/h5-6,8H,1-4H3;4-5,7H,1-3H3,(H,12,13);4H,3H2,1-2H3;3H,2H2,1H3,(H,9,10);2,8H,3H2,1H3;3H,1-2H3. The lowest BCUT2D eigenvalue weighted by Gasteiger charge is -2.14. The van der Waals surface area contributed by atoms with Gasteiger partial charge in [-0.2, -0.15) is 0 Å². The molecule has 334 valence electrons. The molecule has 0 spiro atoms. The van der Waals surface area contributed by atoms with Crippen LogP contribution >= 0.6 is 22.6 Å². The Kier molecular flexibility index (Phi) is 25.9. The molecule has 0 amide bonds. The van der Waals surface area contributed by atoms with Crippen molar-refractivity contribution in [3.63, 3.8) is 0 Å². The molecule has 0 aliphatic rings. The van der Waals surface area contributed by atoms with Crippen LogP contribution in [-0.4, -0.2) is 132 Å². The first-order valence-electron chi connectivity index (χ1n) is 18.2. The number of alkyl halides is 1. The minimum Gasteiger partial charge on any atom is -0.481 e. The molecule has 0 aromatic carbocycles. The Morgan fingerprint density at radius 1 is 0.583 bits per heavy atom. The number of carboxylic acid groups (broad SMARTS) is 2. The topological polar surface area (TPSA) is 301 Å². The highest BCUT2D eigenvalue weighted by Crippen LogP contribution is 2.23. The SMILES string of the molecule is CC(C)C(C(=O)O)c1cn(C)nn1.CC(C)I.COC(=O)C(c1cn(C)nn1)C(C)C.COC(=O)Cc1cn(C)nn1.Cn1cc(CC(=O)O)nn1.Cn1cc(CO)nn1. The van der Waals surface area contributed by atoms with Gasteiger partial charge in [0.1, 0.15) is 17.5 Å². The van der Waals surface area contributed by atoms with Gasteiger partial charge in [-0.1, -0.05) is 90.2 Å². The summed E-state index contributed by atoms with van der Waals surface area (Å²) in [5.41, 5.74) is 2.89. The predicted molar refractivity (Wildman–Crippen MR) is 222 cm³/mol. The van der Waals surface area contributed by atoms with Crippen molar-refractivity contribution < 1.29 is 44.0 Å². The second-order valence-corrected chi connectivity index (χ2v) is 16.1. The van der Waals surface area contributed by atoms with E-state index >= 15 is 0 Å². The number of carbonyl (C=O) groups is 4. The Balaban J connectivity index is 0.000000716. The number of ether oxygens (including phenoxy) is 2. The van der Waals surface area contributed by atoms with Crippen molar-refractivity contribution in [2.45, 2.75) is 76.8 Å². The molecule has 5 rings (SSSR count). The smallest absolute Gasteiger partial charge is 0.315 e. The molecule has 24 nitrogen and oxygen atoms in total. The number of aliphatic carboxylic acids is 2. The Morgan fingerprint density at radius 2 is 0.933 bits per heavy atom. The van der Waals surface area contributed by atoms with E-state index in [0.717, 1.165) is 3.92 Å². The molecule has 5 aromatic heterocycles. The molecule has 0 bridgehead atoms. The van der Waals surface area contributed by atoms with Crippen LogP contribution in [0.25, 0.3) is 0 Å². The Morgan fingerprint density at radius 3 is 1.18 bits per heavy atom. The lowest BCUT2D eigenvalue weighted by atomic mass is 9.93. The van der Waals surface area contributed by atoms with Gasteiger partial charge in [-0.25, -0.2) is 0 Å². The molecule has 2 atom stereocenters. The maximum absolute atomic E-state index is 11.5. The Labute approximate surface area is 361 Å². The summed E-state index contributed by atoms with van der Waals surface area (Å²) in [5, 5.41) is 62.6. The van der Waals surface area contributed by atoms with E-state index in [9.17, 15) is 19.2 Å². The zero-order valence-corrected chi connectivity index (χ0v) is 38.4. The van der Waals surface area contributed by atoms with Crippen LogP contribution in [0.15, 0.2) is 31.0 Å². The number of aromatic nitrogens is 15. The largest absolute Gasteiger partial charge is 0.481 e. The van der Waals surface area contributed by atoms with Crippen molar-refractivity contribution in [1.29, 1.82) is 0 Å². The van der Waals surface area contributed by atoms with E-state index in [-0.39, 0.29) is 49.1 Å². The van der Waals surface area contributed by atoms with Crippen molar-refractivity contribution in [2.75, 3.05) is 14.2 Å². The van der Waals surface area contributed by atoms with E-state index < -0.39 is 17.9 Å². The lowest BCUT2D eigenvalue weighted by Crippen LogP contribution is -2.20. The third kappa shape index (κ3) is 23.0. The van der Waals surface area contributed by atoms with Crippen LogP contribution in [0.5, 0.6) is 0 Å². The fourth-order valence-corrected chi connectivity index (χ4v) is 4.43. The first kappa shape index (κ1) is 54.3. The number of hydrogen-bond acceptors (Lipinski definition) is 17. The van der Waals surface area contributed by atoms with Gasteiger partial charge >= 0.3 is 23.9 Å². The van der Waals surface area contributed by atoms with Crippen molar-refractivity contribution >= 4 is 46.5 Å². The van der Waals surface area contributed by atoms with Crippen molar-refractivity contribution in [3.05, 3.63) is 59.5 Å². The molecule has 60 heavy (non-hydrogen) atoms. The Bertz CT molecular complexity index is 1980. The summed E-state index contributed by atoms with van der Waals surface area (Å²) in [7, 11) is 11.4. The summed E-state index contributed by atoms with van der Waals surface area (Å²) in [6.07, 6.45) is 8.42. The number of methoxy groups -OCH3 is 2. The normalized spacial score (nSPS) is 11.2. The van der Waals surface area contributed by atoms with Crippen molar-refractivity contribution in [2.24, 2.45) is 47.1 Å².